The summed E-state index contributed by atoms with van der Waals surface area (Å²) in [4.78, 5) is 13.2. The molecule has 1 aromatic rings. The van der Waals surface area contributed by atoms with Crippen LogP contribution in [0, 0.1) is 5.92 Å². The number of piperidine rings is 1. The van der Waals surface area contributed by atoms with E-state index in [1.807, 2.05) is 0 Å². The van der Waals surface area contributed by atoms with E-state index in [0.29, 0.717) is 18.4 Å². The second-order valence-corrected chi connectivity index (χ2v) is 5.95. The molecule has 0 aromatic heterocycles. The highest BCUT2D eigenvalue weighted by molar-refractivity contribution is 5.66. The van der Waals surface area contributed by atoms with Crippen molar-refractivity contribution < 1.29 is 9.90 Å². The van der Waals surface area contributed by atoms with Crippen molar-refractivity contribution in [1.29, 1.82) is 0 Å². The van der Waals surface area contributed by atoms with E-state index in [-0.39, 0.29) is 0 Å². The van der Waals surface area contributed by atoms with Gasteiger partial charge in [-0.3, -0.25) is 4.79 Å². The second kappa shape index (κ2) is 7.44. The molecule has 2 rings (SSSR count). The Morgan fingerprint density at radius 3 is 2.55 bits per heavy atom. The molecule has 110 valence electrons. The van der Waals surface area contributed by atoms with Crippen LogP contribution in [0.3, 0.4) is 0 Å². The Morgan fingerprint density at radius 1 is 1.30 bits per heavy atom. The van der Waals surface area contributed by atoms with Gasteiger partial charge in [-0.05, 0) is 57.2 Å². The molecule has 1 aromatic carbocycles. The first-order valence-electron chi connectivity index (χ1n) is 7.65. The number of nitrogens with zero attached hydrogens (tertiary/aromatic N) is 1. The summed E-state index contributed by atoms with van der Waals surface area (Å²) in [5, 5.41) is 8.74. The number of carbonyl (C=O) groups is 1. The van der Waals surface area contributed by atoms with Crippen LogP contribution in [0.25, 0.3) is 0 Å². The third kappa shape index (κ3) is 4.64. The van der Waals surface area contributed by atoms with Crippen molar-refractivity contribution >= 4 is 5.97 Å². The molecule has 1 fully saturated rings. The number of hydrogen-bond donors (Lipinski definition) is 1. The topological polar surface area (TPSA) is 40.5 Å². The zero-order chi connectivity index (χ0) is 14.4. The maximum atomic E-state index is 10.6. The van der Waals surface area contributed by atoms with Crippen LogP contribution in [0.1, 0.15) is 38.2 Å². The fraction of sp³-hybridized carbons (Fsp3) is 0.588. The first-order chi connectivity index (χ1) is 9.65. The van der Waals surface area contributed by atoms with Gasteiger partial charge in [-0.15, -0.1) is 0 Å². The minimum atomic E-state index is -0.662. The van der Waals surface area contributed by atoms with Crippen molar-refractivity contribution in [2.75, 3.05) is 13.1 Å². The van der Waals surface area contributed by atoms with E-state index >= 15 is 0 Å². The largest absolute Gasteiger partial charge is 0.481 e. The minimum absolute atomic E-state index is 0.324. The summed E-state index contributed by atoms with van der Waals surface area (Å²) in [5.74, 6) is -0.0591. The lowest BCUT2D eigenvalue weighted by Crippen LogP contribution is -2.41. The van der Waals surface area contributed by atoms with Gasteiger partial charge in [0.25, 0.3) is 0 Å². The zero-order valence-corrected chi connectivity index (χ0v) is 12.3. The minimum Gasteiger partial charge on any atom is -0.481 e. The number of aliphatic carboxylic acids is 1. The van der Waals surface area contributed by atoms with Gasteiger partial charge < -0.3 is 10.0 Å². The van der Waals surface area contributed by atoms with Gasteiger partial charge in [0.2, 0.25) is 0 Å². The third-order valence-corrected chi connectivity index (χ3v) is 4.41. The molecule has 1 aliphatic rings. The van der Waals surface area contributed by atoms with Crippen molar-refractivity contribution in [3.8, 4) is 0 Å². The summed E-state index contributed by atoms with van der Waals surface area (Å²) in [5.41, 5.74) is 1.40. The van der Waals surface area contributed by atoms with E-state index in [9.17, 15) is 4.79 Å². The van der Waals surface area contributed by atoms with Gasteiger partial charge in [-0.2, -0.15) is 0 Å². The van der Waals surface area contributed by atoms with Crippen LogP contribution in [0.4, 0.5) is 0 Å². The first kappa shape index (κ1) is 15.0. The molecule has 0 aliphatic carbocycles. The number of rotatable bonds is 6. The van der Waals surface area contributed by atoms with Crippen LogP contribution >= 0.6 is 0 Å². The molecule has 1 aliphatic heterocycles. The molecule has 0 amide bonds. The molecular formula is C17H25NO2. The van der Waals surface area contributed by atoms with Crippen LogP contribution in [-0.2, 0) is 11.2 Å². The van der Waals surface area contributed by atoms with Crippen molar-refractivity contribution in [3.63, 3.8) is 0 Å². The molecule has 0 radical (unpaired) electrons. The normalized spacial score (nSPS) is 18.9. The van der Waals surface area contributed by atoms with Crippen LogP contribution in [0.15, 0.2) is 30.3 Å². The van der Waals surface area contributed by atoms with Crippen molar-refractivity contribution in [2.24, 2.45) is 5.92 Å². The van der Waals surface area contributed by atoms with Gasteiger partial charge in [0, 0.05) is 12.5 Å². The van der Waals surface area contributed by atoms with Gasteiger partial charge in [0.05, 0.1) is 0 Å². The Kier molecular flexibility index (Phi) is 5.60. The molecule has 0 saturated carbocycles. The Balaban J connectivity index is 1.74. The summed E-state index contributed by atoms with van der Waals surface area (Å²) in [6.45, 7) is 4.52. The summed E-state index contributed by atoms with van der Waals surface area (Å²) >= 11 is 0. The number of likely N-dealkylation sites (tertiary alicyclic amines) is 1. The van der Waals surface area contributed by atoms with Crippen LogP contribution in [0.2, 0.25) is 0 Å². The fourth-order valence-electron chi connectivity index (χ4n) is 3.09. The SMILES string of the molecule is CC(Cc1ccccc1)N1CCC(CCC(=O)O)CC1. The summed E-state index contributed by atoms with van der Waals surface area (Å²) in [6.07, 6.45) is 4.56. The van der Waals surface area contributed by atoms with Gasteiger partial charge in [-0.25, -0.2) is 0 Å². The molecule has 1 unspecified atom stereocenters. The lowest BCUT2D eigenvalue weighted by molar-refractivity contribution is -0.137. The standard InChI is InChI=1S/C17H25NO2/c1-14(13-16-5-3-2-4-6-16)18-11-9-15(10-12-18)7-8-17(19)20/h2-6,14-15H,7-13H2,1H3,(H,19,20). The highest BCUT2D eigenvalue weighted by Crippen LogP contribution is 2.24. The predicted octanol–water partition coefficient (Wildman–Crippen LogP) is 3.19. The fourth-order valence-corrected chi connectivity index (χ4v) is 3.09. The van der Waals surface area contributed by atoms with Crippen molar-refractivity contribution in [3.05, 3.63) is 35.9 Å². The summed E-state index contributed by atoms with van der Waals surface area (Å²) < 4.78 is 0. The van der Waals surface area contributed by atoms with E-state index in [4.69, 9.17) is 5.11 Å². The average Bonchev–Trinajstić information content (AvgIpc) is 2.46. The molecule has 1 saturated heterocycles. The molecule has 3 heteroatoms. The Labute approximate surface area is 121 Å². The van der Waals surface area contributed by atoms with Crippen molar-refractivity contribution in [2.45, 2.75) is 45.1 Å². The molecule has 0 bridgehead atoms. The Morgan fingerprint density at radius 2 is 1.95 bits per heavy atom. The molecular weight excluding hydrogens is 250 g/mol. The molecule has 3 nitrogen and oxygen atoms in total. The van der Waals surface area contributed by atoms with E-state index in [2.05, 4.69) is 42.2 Å². The zero-order valence-electron chi connectivity index (χ0n) is 12.3. The predicted molar refractivity (Wildman–Crippen MR) is 80.8 cm³/mol. The molecule has 0 spiro atoms. The van der Waals surface area contributed by atoms with Crippen LogP contribution < -0.4 is 0 Å². The second-order valence-electron chi connectivity index (χ2n) is 5.95. The Bertz CT molecular complexity index is 410. The monoisotopic (exact) mass is 275 g/mol. The average molecular weight is 275 g/mol. The molecule has 20 heavy (non-hydrogen) atoms. The van der Waals surface area contributed by atoms with Gasteiger partial charge in [-0.1, -0.05) is 30.3 Å². The first-order valence-corrected chi connectivity index (χ1v) is 7.65. The highest BCUT2D eigenvalue weighted by atomic mass is 16.4. The quantitative estimate of drug-likeness (QED) is 0.866. The van der Waals surface area contributed by atoms with Gasteiger partial charge in [0.15, 0.2) is 0 Å². The van der Waals surface area contributed by atoms with Crippen molar-refractivity contribution in [1.82, 2.24) is 4.90 Å². The Hall–Kier alpha value is -1.35. The lowest BCUT2D eigenvalue weighted by atomic mass is 9.91. The van der Waals surface area contributed by atoms with E-state index in [0.717, 1.165) is 38.8 Å². The van der Waals surface area contributed by atoms with E-state index in [1.165, 1.54) is 5.56 Å². The van der Waals surface area contributed by atoms with Gasteiger partial charge >= 0.3 is 5.97 Å². The number of benzene rings is 1. The highest BCUT2D eigenvalue weighted by Gasteiger charge is 2.23. The maximum Gasteiger partial charge on any atom is 0.303 e. The number of hydrogen-bond acceptors (Lipinski definition) is 2. The summed E-state index contributed by atoms with van der Waals surface area (Å²) in [7, 11) is 0. The van der Waals surface area contributed by atoms with Gasteiger partial charge in [0.1, 0.15) is 0 Å². The van der Waals surface area contributed by atoms with E-state index < -0.39 is 5.97 Å². The lowest BCUT2D eigenvalue weighted by Gasteiger charge is -2.36. The third-order valence-electron chi connectivity index (χ3n) is 4.41. The smallest absolute Gasteiger partial charge is 0.303 e. The molecule has 1 N–H and O–H groups in total. The van der Waals surface area contributed by atoms with E-state index in [1.54, 1.807) is 0 Å². The van der Waals surface area contributed by atoms with Crippen LogP contribution in [0.5, 0.6) is 0 Å². The van der Waals surface area contributed by atoms with Crippen LogP contribution in [-0.4, -0.2) is 35.1 Å². The number of carboxylic acids is 1. The summed E-state index contributed by atoms with van der Waals surface area (Å²) in [6, 6.07) is 11.2. The number of carboxylic acid groups (broad SMARTS) is 1. The molecule has 1 heterocycles. The maximum absolute atomic E-state index is 10.6. The molecule has 1 atom stereocenters.